The Hall–Kier alpha value is -4.61. The SMILES string of the molecule is CC(=O)c1nn(-c2ccc(Br)cc2)/c(=N/NC(=O)c2cc(-c3cc4ccccc4o3)n(-c3ccccc3)n2)s1. The van der Waals surface area contributed by atoms with E-state index in [-0.39, 0.29) is 16.5 Å². The van der Waals surface area contributed by atoms with Crippen molar-refractivity contribution in [3.8, 4) is 22.8 Å². The number of furan rings is 1. The number of hydrogen-bond acceptors (Lipinski definition) is 7. The molecule has 6 rings (SSSR count). The second-order valence-electron chi connectivity index (χ2n) is 8.50. The number of halogens is 1. The van der Waals surface area contributed by atoms with Gasteiger partial charge in [0.1, 0.15) is 11.3 Å². The first-order chi connectivity index (χ1) is 19.0. The van der Waals surface area contributed by atoms with Crippen LogP contribution in [-0.2, 0) is 0 Å². The van der Waals surface area contributed by atoms with Crippen molar-refractivity contribution in [2.24, 2.45) is 5.10 Å². The topological polar surface area (TPSA) is 107 Å². The van der Waals surface area contributed by atoms with Crippen LogP contribution in [0.15, 0.2) is 105 Å². The average Bonchev–Trinajstić information content (AvgIpc) is 3.69. The first-order valence-electron chi connectivity index (χ1n) is 11.8. The Kier molecular flexibility index (Phi) is 6.51. The number of rotatable bonds is 6. The summed E-state index contributed by atoms with van der Waals surface area (Å²) in [4.78, 5) is 25.6. The second-order valence-corrected chi connectivity index (χ2v) is 10.4. The molecule has 0 aliphatic rings. The first kappa shape index (κ1) is 24.7. The monoisotopic (exact) mass is 598 g/mol. The third-order valence-corrected chi connectivity index (χ3v) is 7.34. The summed E-state index contributed by atoms with van der Waals surface area (Å²) >= 11 is 4.49. The highest BCUT2D eigenvalue weighted by atomic mass is 79.9. The van der Waals surface area contributed by atoms with E-state index in [2.05, 4.69) is 36.7 Å². The van der Waals surface area contributed by atoms with Gasteiger partial charge in [0.15, 0.2) is 22.2 Å². The number of ketones is 1. The van der Waals surface area contributed by atoms with Crippen LogP contribution in [0.1, 0.15) is 27.2 Å². The van der Waals surface area contributed by atoms with Crippen LogP contribution < -0.4 is 10.2 Å². The zero-order chi connectivity index (χ0) is 26.9. The maximum atomic E-state index is 13.2. The molecule has 0 fully saturated rings. The van der Waals surface area contributed by atoms with Crippen molar-refractivity contribution >= 4 is 49.9 Å². The van der Waals surface area contributed by atoms with Crippen molar-refractivity contribution < 1.29 is 14.0 Å². The first-order valence-corrected chi connectivity index (χ1v) is 13.4. The summed E-state index contributed by atoms with van der Waals surface area (Å²) in [5, 5.41) is 14.4. The van der Waals surface area contributed by atoms with Gasteiger partial charge in [0.2, 0.25) is 4.80 Å². The summed E-state index contributed by atoms with van der Waals surface area (Å²) in [6.45, 7) is 1.43. The summed E-state index contributed by atoms with van der Waals surface area (Å²) in [5.41, 5.74) is 5.52. The summed E-state index contributed by atoms with van der Waals surface area (Å²) in [6, 6.07) is 28.1. The van der Waals surface area contributed by atoms with E-state index in [1.165, 1.54) is 11.6 Å². The molecule has 3 aromatic carbocycles. The van der Waals surface area contributed by atoms with Crippen LogP contribution in [-0.4, -0.2) is 31.3 Å². The third-order valence-electron chi connectivity index (χ3n) is 5.81. The molecular formula is C28H19BrN6O3S. The van der Waals surface area contributed by atoms with Crippen LogP contribution in [0.4, 0.5) is 0 Å². The largest absolute Gasteiger partial charge is 0.454 e. The number of hydrogen-bond donors (Lipinski definition) is 1. The zero-order valence-corrected chi connectivity index (χ0v) is 22.8. The van der Waals surface area contributed by atoms with E-state index >= 15 is 0 Å². The summed E-state index contributed by atoms with van der Waals surface area (Å²) in [7, 11) is 0. The lowest BCUT2D eigenvalue weighted by Gasteiger charge is -2.04. The Morgan fingerprint density at radius 2 is 1.62 bits per heavy atom. The quantitative estimate of drug-likeness (QED) is 0.194. The molecule has 6 aromatic rings. The fourth-order valence-corrected chi connectivity index (χ4v) is 4.97. The smallest absolute Gasteiger partial charge is 0.291 e. The van der Waals surface area contributed by atoms with Gasteiger partial charge in [0, 0.05) is 22.8 Å². The van der Waals surface area contributed by atoms with E-state index in [4.69, 9.17) is 4.42 Å². The highest BCUT2D eigenvalue weighted by molar-refractivity contribution is 9.10. The van der Waals surface area contributed by atoms with Gasteiger partial charge in [-0.05, 0) is 48.5 Å². The second kappa shape index (κ2) is 10.3. The van der Waals surface area contributed by atoms with Gasteiger partial charge in [0.25, 0.3) is 5.91 Å². The molecule has 0 bridgehead atoms. The molecule has 0 aliphatic heterocycles. The van der Waals surface area contributed by atoms with Crippen LogP contribution in [0.3, 0.4) is 0 Å². The van der Waals surface area contributed by atoms with Crippen LogP contribution >= 0.6 is 27.3 Å². The maximum Gasteiger partial charge on any atom is 0.291 e. The standard InChI is InChI=1S/C28H19BrN6O3S/c1-17(36)27-33-35(21-13-11-19(29)12-14-21)28(39-27)31-30-26(37)22-16-23(34(32-22)20-8-3-2-4-9-20)25-15-18-7-5-6-10-24(18)38-25/h2-16H,1H3,(H,30,37)/b31-28-. The molecule has 3 heterocycles. The Morgan fingerprint density at radius 3 is 2.36 bits per heavy atom. The molecule has 3 aromatic heterocycles. The molecule has 0 atom stereocenters. The minimum atomic E-state index is -0.526. The number of Topliss-reactive ketones (excluding diaryl/α,β-unsaturated/α-hetero) is 1. The summed E-state index contributed by atoms with van der Waals surface area (Å²) in [5.74, 6) is -0.150. The molecule has 0 saturated carbocycles. The predicted octanol–water partition coefficient (Wildman–Crippen LogP) is 5.74. The number of nitrogens with zero attached hydrogens (tertiary/aromatic N) is 5. The van der Waals surface area contributed by atoms with E-state index in [0.29, 0.717) is 21.9 Å². The molecule has 0 unspecified atom stereocenters. The van der Waals surface area contributed by atoms with Crippen molar-refractivity contribution in [3.63, 3.8) is 0 Å². The number of nitrogens with one attached hydrogen (secondary N) is 1. The molecule has 192 valence electrons. The van der Waals surface area contributed by atoms with Crippen LogP contribution in [0.2, 0.25) is 0 Å². The van der Waals surface area contributed by atoms with Crippen molar-refractivity contribution in [2.45, 2.75) is 6.92 Å². The third kappa shape index (κ3) is 4.97. The number of carbonyl (C=O) groups excluding carboxylic acids is 2. The molecule has 11 heteroatoms. The molecule has 9 nitrogen and oxygen atoms in total. The minimum absolute atomic E-state index is 0.143. The van der Waals surface area contributed by atoms with E-state index in [1.807, 2.05) is 84.9 Å². The molecular weight excluding hydrogens is 580 g/mol. The molecule has 39 heavy (non-hydrogen) atoms. The van der Waals surface area contributed by atoms with Crippen molar-refractivity contribution in [1.82, 2.24) is 25.0 Å². The fourth-order valence-electron chi connectivity index (χ4n) is 3.94. The van der Waals surface area contributed by atoms with E-state index < -0.39 is 5.91 Å². The van der Waals surface area contributed by atoms with Crippen LogP contribution in [0.5, 0.6) is 0 Å². The van der Waals surface area contributed by atoms with Crippen molar-refractivity contribution in [2.75, 3.05) is 0 Å². The number of carbonyl (C=O) groups is 2. The van der Waals surface area contributed by atoms with Gasteiger partial charge in [-0.25, -0.2) is 14.8 Å². The molecule has 0 aliphatic carbocycles. The van der Waals surface area contributed by atoms with Gasteiger partial charge in [-0.15, -0.1) is 5.10 Å². The van der Waals surface area contributed by atoms with E-state index in [1.54, 1.807) is 10.7 Å². The minimum Gasteiger partial charge on any atom is -0.454 e. The lowest BCUT2D eigenvalue weighted by atomic mass is 10.2. The Labute approximate surface area is 234 Å². The van der Waals surface area contributed by atoms with Gasteiger partial charge in [-0.1, -0.05) is 63.7 Å². The van der Waals surface area contributed by atoms with E-state index in [9.17, 15) is 9.59 Å². The van der Waals surface area contributed by atoms with Gasteiger partial charge in [0.05, 0.1) is 11.4 Å². The van der Waals surface area contributed by atoms with Crippen LogP contribution in [0.25, 0.3) is 33.8 Å². The van der Waals surface area contributed by atoms with Crippen LogP contribution in [0, 0.1) is 0 Å². The number of fused-ring (bicyclic) bond motifs is 1. The average molecular weight is 599 g/mol. The van der Waals surface area contributed by atoms with Gasteiger partial charge >= 0.3 is 0 Å². The van der Waals surface area contributed by atoms with Gasteiger partial charge in [-0.3, -0.25) is 9.59 Å². The summed E-state index contributed by atoms with van der Waals surface area (Å²) < 4.78 is 10.1. The predicted molar refractivity (Wildman–Crippen MR) is 151 cm³/mol. The number of aromatic nitrogens is 4. The maximum absolute atomic E-state index is 13.2. The Morgan fingerprint density at radius 1 is 0.897 bits per heavy atom. The molecule has 1 amide bonds. The van der Waals surface area contributed by atoms with Crippen molar-refractivity contribution in [1.29, 1.82) is 0 Å². The highest BCUT2D eigenvalue weighted by Crippen LogP contribution is 2.30. The lowest BCUT2D eigenvalue weighted by Crippen LogP contribution is -2.24. The number of benzene rings is 3. The molecule has 0 saturated heterocycles. The number of amides is 1. The van der Waals surface area contributed by atoms with Gasteiger partial charge in [-0.2, -0.15) is 10.2 Å². The lowest BCUT2D eigenvalue weighted by molar-refractivity contribution is 0.0946. The fraction of sp³-hybridized carbons (Fsp3) is 0.0357. The van der Waals surface area contributed by atoms with E-state index in [0.717, 1.165) is 32.5 Å². The Bertz CT molecular complexity index is 1870. The molecule has 1 N–H and O–H groups in total. The normalized spacial score (nSPS) is 11.7. The molecule has 0 spiro atoms. The Balaban J connectivity index is 1.39. The highest BCUT2D eigenvalue weighted by Gasteiger charge is 2.20. The summed E-state index contributed by atoms with van der Waals surface area (Å²) in [6.07, 6.45) is 0. The number of para-hydroxylation sites is 2. The van der Waals surface area contributed by atoms with Crippen molar-refractivity contribution in [3.05, 3.63) is 111 Å². The zero-order valence-electron chi connectivity index (χ0n) is 20.4. The molecule has 0 radical (unpaired) electrons. The van der Waals surface area contributed by atoms with Gasteiger partial charge < -0.3 is 4.42 Å².